The predicted molar refractivity (Wildman–Crippen MR) is 137 cm³/mol. The molecule has 0 aliphatic rings. The highest BCUT2D eigenvalue weighted by Crippen LogP contribution is 2.35. The normalized spacial score (nSPS) is 11.5. The molecule has 0 saturated carbocycles. The minimum Gasteiger partial charge on any atom is -0.268 e. The molecule has 0 radical (unpaired) electrons. The molecule has 0 heterocycles. The Bertz CT molecular complexity index is 476. The van der Waals surface area contributed by atoms with Crippen LogP contribution in [-0.2, 0) is 9.59 Å². The zero-order valence-corrected chi connectivity index (χ0v) is 21.6. The van der Waals surface area contributed by atoms with E-state index in [4.69, 9.17) is 0 Å². The third-order valence-electron chi connectivity index (χ3n) is 6.90. The fourth-order valence-electron chi connectivity index (χ4n) is 4.65. The molecule has 0 saturated heterocycles. The van der Waals surface area contributed by atoms with E-state index in [1.807, 2.05) is 0 Å². The van der Waals surface area contributed by atoms with E-state index in [9.17, 15) is 19.4 Å². The number of unbranched alkanes of at least 4 members (excludes halogenated alkanes) is 18. The average Bonchev–Trinajstić information content (AvgIpc) is 2.84. The van der Waals surface area contributed by atoms with Crippen LogP contribution in [0, 0.1) is 15.2 Å². The van der Waals surface area contributed by atoms with Crippen molar-refractivity contribution >= 4 is 11.8 Å². The number of carbonyl (C=O) groups excluding carboxylic acids is 2. The first-order chi connectivity index (χ1) is 16.1. The Balaban J connectivity index is 4.34. The number of hydrogen-bond donors (Lipinski definition) is 0. The molecule has 6 heteroatoms. The molecule has 6 nitrogen and oxygen atoms in total. The third-order valence-corrected chi connectivity index (χ3v) is 6.90. The number of rotatable bonds is 24. The first kappa shape index (κ1) is 31.5. The van der Waals surface area contributed by atoms with Gasteiger partial charge in [0, 0.05) is 10.4 Å². The lowest BCUT2D eigenvalue weighted by Crippen LogP contribution is -2.37. The van der Waals surface area contributed by atoms with Gasteiger partial charge in [-0.2, -0.15) is 0 Å². The van der Waals surface area contributed by atoms with Crippen molar-refractivity contribution in [3.63, 3.8) is 0 Å². The fourth-order valence-corrected chi connectivity index (χ4v) is 4.65. The van der Waals surface area contributed by atoms with Crippen molar-refractivity contribution in [3.05, 3.63) is 9.81 Å². The van der Waals surface area contributed by atoms with Crippen LogP contribution in [0.3, 0.4) is 0 Å². The minimum atomic E-state index is -1.64. The predicted octanol–water partition coefficient (Wildman–Crippen LogP) is 9.18. The molecule has 0 spiro atoms. The molecule has 0 aromatic heterocycles. The maximum Gasteiger partial charge on any atom is 0.301 e. The summed E-state index contributed by atoms with van der Waals surface area (Å²) >= 11 is 0. The highest BCUT2D eigenvalue weighted by Gasteiger charge is 2.46. The average molecular weight is 467 g/mol. The SMILES string of the molecule is CCCCCCCCCCCCC(CCCCCCCCCCCC)(C(=O)N=O)C(=O)N=O. The minimum absolute atomic E-state index is 0.204. The Morgan fingerprint density at radius 3 is 0.939 bits per heavy atom. The first-order valence-electron chi connectivity index (χ1n) is 13.8. The van der Waals surface area contributed by atoms with Crippen LogP contribution in [0.2, 0.25) is 0 Å². The lowest BCUT2D eigenvalue weighted by atomic mass is 9.76. The van der Waals surface area contributed by atoms with Crippen molar-refractivity contribution in [1.29, 1.82) is 0 Å². The van der Waals surface area contributed by atoms with E-state index < -0.39 is 17.2 Å². The second-order valence-electron chi connectivity index (χ2n) is 9.74. The van der Waals surface area contributed by atoms with Gasteiger partial charge in [0.15, 0.2) is 0 Å². The molecule has 0 bridgehead atoms. The molecular formula is C27H50N2O4. The zero-order valence-electron chi connectivity index (χ0n) is 21.6. The monoisotopic (exact) mass is 466 g/mol. The molecule has 0 aromatic carbocycles. The summed E-state index contributed by atoms with van der Waals surface area (Å²) in [6.07, 6.45) is 23.0. The Labute approximate surface area is 202 Å². The highest BCUT2D eigenvalue weighted by molar-refractivity contribution is 6.05. The Hall–Kier alpha value is -1.46. The number of nitroso groups, excluding NO2 is 2. The van der Waals surface area contributed by atoms with Gasteiger partial charge in [-0.1, -0.05) is 142 Å². The highest BCUT2D eigenvalue weighted by atomic mass is 16.3. The van der Waals surface area contributed by atoms with E-state index >= 15 is 0 Å². The molecule has 192 valence electrons. The summed E-state index contributed by atoms with van der Waals surface area (Å²) in [6.45, 7) is 4.43. The molecule has 0 N–H and O–H groups in total. The summed E-state index contributed by atoms with van der Waals surface area (Å²) in [5.74, 6) is -2.03. The van der Waals surface area contributed by atoms with Gasteiger partial charge in [-0.3, -0.25) is 9.59 Å². The van der Waals surface area contributed by atoms with E-state index in [0.29, 0.717) is 12.8 Å². The number of carbonyl (C=O) groups is 2. The number of amides is 2. The van der Waals surface area contributed by atoms with Crippen LogP contribution in [0.15, 0.2) is 10.4 Å². The van der Waals surface area contributed by atoms with E-state index in [1.54, 1.807) is 0 Å². The standard InChI is InChI=1S/C27H50N2O4/c1-3-5-7-9-11-13-15-17-19-21-23-27(25(30)28-32,26(31)29-33)24-22-20-18-16-14-12-10-8-6-4-2/h3-24H2,1-2H3. The van der Waals surface area contributed by atoms with Gasteiger partial charge in [0.2, 0.25) is 0 Å². The van der Waals surface area contributed by atoms with E-state index in [2.05, 4.69) is 24.2 Å². The molecule has 0 aliphatic heterocycles. The molecule has 2 amide bonds. The Morgan fingerprint density at radius 2 is 0.697 bits per heavy atom. The van der Waals surface area contributed by atoms with Crippen molar-refractivity contribution in [2.45, 2.75) is 155 Å². The van der Waals surface area contributed by atoms with Gasteiger partial charge < -0.3 is 0 Å². The molecule has 0 fully saturated rings. The lowest BCUT2D eigenvalue weighted by molar-refractivity contribution is -0.141. The van der Waals surface area contributed by atoms with Crippen LogP contribution in [0.25, 0.3) is 0 Å². The number of nitrogens with zero attached hydrogens (tertiary/aromatic N) is 2. The lowest BCUT2D eigenvalue weighted by Gasteiger charge is -2.24. The van der Waals surface area contributed by atoms with Gasteiger partial charge in [0.25, 0.3) is 0 Å². The number of hydrogen-bond acceptors (Lipinski definition) is 4. The van der Waals surface area contributed by atoms with E-state index in [0.717, 1.165) is 38.5 Å². The largest absolute Gasteiger partial charge is 0.301 e. The summed E-state index contributed by atoms with van der Waals surface area (Å²) in [5.41, 5.74) is -1.64. The summed E-state index contributed by atoms with van der Waals surface area (Å²) < 4.78 is 0. The summed E-state index contributed by atoms with van der Waals surface area (Å²) in [7, 11) is 0. The van der Waals surface area contributed by atoms with Crippen LogP contribution >= 0.6 is 0 Å². The van der Waals surface area contributed by atoms with Crippen molar-refractivity contribution < 1.29 is 9.59 Å². The van der Waals surface area contributed by atoms with Crippen molar-refractivity contribution in [2.24, 2.45) is 15.8 Å². The van der Waals surface area contributed by atoms with E-state index in [1.165, 1.54) is 77.0 Å². The summed E-state index contributed by atoms with van der Waals surface area (Å²) in [4.78, 5) is 46.7. The smallest absolute Gasteiger partial charge is 0.268 e. The van der Waals surface area contributed by atoms with Crippen LogP contribution in [0.4, 0.5) is 0 Å². The third kappa shape index (κ3) is 15.1. The summed E-state index contributed by atoms with van der Waals surface area (Å²) in [5, 5.41) is 5.10. The van der Waals surface area contributed by atoms with Crippen molar-refractivity contribution in [2.75, 3.05) is 0 Å². The zero-order chi connectivity index (χ0) is 24.6. The van der Waals surface area contributed by atoms with Crippen LogP contribution < -0.4 is 0 Å². The van der Waals surface area contributed by atoms with Gasteiger partial charge in [0.05, 0.1) is 0 Å². The molecular weight excluding hydrogens is 416 g/mol. The second kappa shape index (κ2) is 22.3. The molecule has 0 unspecified atom stereocenters. The van der Waals surface area contributed by atoms with Gasteiger partial charge in [-0.05, 0) is 12.8 Å². The van der Waals surface area contributed by atoms with Crippen LogP contribution in [0.5, 0.6) is 0 Å². The van der Waals surface area contributed by atoms with Gasteiger partial charge in [-0.15, -0.1) is 9.81 Å². The quantitative estimate of drug-likeness (QED) is 0.0804. The fraction of sp³-hybridized carbons (Fsp3) is 0.926. The Kier molecular flexibility index (Phi) is 21.3. The maximum atomic E-state index is 12.3. The topological polar surface area (TPSA) is 93.0 Å². The molecule has 33 heavy (non-hydrogen) atoms. The Morgan fingerprint density at radius 1 is 0.455 bits per heavy atom. The van der Waals surface area contributed by atoms with Gasteiger partial charge in [0.1, 0.15) is 5.41 Å². The van der Waals surface area contributed by atoms with Crippen molar-refractivity contribution in [1.82, 2.24) is 0 Å². The molecule has 0 atom stereocenters. The molecule has 0 aliphatic carbocycles. The molecule has 0 aromatic rings. The maximum absolute atomic E-state index is 12.3. The second-order valence-corrected chi connectivity index (χ2v) is 9.74. The van der Waals surface area contributed by atoms with Crippen LogP contribution in [0.1, 0.15) is 155 Å². The van der Waals surface area contributed by atoms with Crippen molar-refractivity contribution in [3.8, 4) is 0 Å². The van der Waals surface area contributed by atoms with Crippen LogP contribution in [-0.4, -0.2) is 11.8 Å². The van der Waals surface area contributed by atoms with Gasteiger partial charge >= 0.3 is 11.8 Å². The van der Waals surface area contributed by atoms with Gasteiger partial charge in [-0.25, -0.2) is 0 Å². The first-order valence-corrected chi connectivity index (χ1v) is 13.8. The van der Waals surface area contributed by atoms with E-state index in [-0.39, 0.29) is 12.8 Å². The summed E-state index contributed by atoms with van der Waals surface area (Å²) in [6, 6.07) is 0. The molecule has 0 rings (SSSR count).